The third-order valence-electron chi connectivity index (χ3n) is 2.25. The molecule has 0 bridgehead atoms. The molecule has 2 aromatic rings. The first-order valence-electron chi connectivity index (χ1n) is 4.56. The first kappa shape index (κ1) is 13.0. The van der Waals surface area contributed by atoms with Gasteiger partial charge in [0.1, 0.15) is 0 Å². The highest BCUT2D eigenvalue weighted by Crippen LogP contribution is 2.16. The van der Waals surface area contributed by atoms with E-state index in [1.165, 1.54) is 0 Å². The van der Waals surface area contributed by atoms with Crippen LogP contribution in [-0.2, 0) is 0 Å². The summed E-state index contributed by atoms with van der Waals surface area (Å²) < 4.78 is 7.56. The molecule has 0 aliphatic rings. The molecule has 6 heteroatoms. The lowest BCUT2D eigenvalue weighted by Gasteiger charge is -2.01. The fraction of sp³-hybridized carbons (Fsp3) is 0.200. The van der Waals surface area contributed by atoms with E-state index in [1.807, 2.05) is 31.2 Å². The monoisotopic (exact) mass is 303 g/mol. The van der Waals surface area contributed by atoms with Crippen LogP contribution in [0.1, 0.15) is 18.5 Å². The number of rotatable bonds is 2. The molecule has 0 saturated carbocycles. The number of nitrogens with two attached hydrogens (primary N) is 1. The zero-order chi connectivity index (χ0) is 10.8. The van der Waals surface area contributed by atoms with Gasteiger partial charge in [-0.15, -0.1) is 0 Å². The van der Waals surface area contributed by atoms with Crippen LogP contribution in [0.4, 0.5) is 5.88 Å². The van der Waals surface area contributed by atoms with E-state index in [-0.39, 0.29) is 18.4 Å². The Morgan fingerprint density at radius 2 is 2.00 bits per heavy atom. The first-order valence-corrected chi connectivity index (χ1v) is 5.35. The maximum absolute atomic E-state index is 5.46. The predicted octanol–water partition coefficient (Wildman–Crippen LogP) is -1.08. The standard InChI is InChI=1S/C10H11BrN3O.ClH/c1-7(14-6-10(12)15-13-14)8-2-4-9(11)5-3-8;/h2-7H,12H2,1H3;1H/q+1;/p-1. The molecule has 0 aliphatic carbocycles. The van der Waals surface area contributed by atoms with Gasteiger partial charge in [-0.2, -0.15) is 0 Å². The van der Waals surface area contributed by atoms with Gasteiger partial charge in [0.25, 0.3) is 12.1 Å². The smallest absolute Gasteiger partial charge is 0.293 e. The topological polar surface area (TPSA) is 55.9 Å². The van der Waals surface area contributed by atoms with Gasteiger partial charge in [-0.3, -0.25) is 4.52 Å². The molecule has 1 atom stereocenters. The molecule has 0 aliphatic heterocycles. The summed E-state index contributed by atoms with van der Waals surface area (Å²) >= 11 is 3.39. The zero-order valence-corrected chi connectivity index (χ0v) is 10.9. The number of aromatic nitrogens is 2. The van der Waals surface area contributed by atoms with Gasteiger partial charge in [0.05, 0.1) is 0 Å². The van der Waals surface area contributed by atoms with Gasteiger partial charge in [0, 0.05) is 17.0 Å². The highest BCUT2D eigenvalue weighted by molar-refractivity contribution is 9.10. The van der Waals surface area contributed by atoms with Crippen LogP contribution in [0.15, 0.2) is 39.5 Å². The van der Waals surface area contributed by atoms with Crippen molar-refractivity contribution in [3.63, 3.8) is 0 Å². The summed E-state index contributed by atoms with van der Waals surface area (Å²) in [4.78, 5) is 0. The molecule has 0 amide bonds. The lowest BCUT2D eigenvalue weighted by Crippen LogP contribution is -3.00. The van der Waals surface area contributed by atoms with Crippen molar-refractivity contribution in [1.82, 2.24) is 5.27 Å². The predicted molar refractivity (Wildman–Crippen MR) is 59.1 cm³/mol. The Morgan fingerprint density at radius 1 is 1.38 bits per heavy atom. The summed E-state index contributed by atoms with van der Waals surface area (Å²) in [5, 5.41) is 3.82. The van der Waals surface area contributed by atoms with Crippen LogP contribution in [0.5, 0.6) is 0 Å². The first-order chi connectivity index (χ1) is 7.16. The number of nitrogen functional groups attached to an aromatic ring is 1. The second-order valence-corrected chi connectivity index (χ2v) is 4.23. The molecular weight excluding hydrogens is 293 g/mol. The van der Waals surface area contributed by atoms with Crippen LogP contribution < -0.4 is 22.8 Å². The van der Waals surface area contributed by atoms with Crippen LogP contribution in [0, 0.1) is 0 Å². The highest BCUT2D eigenvalue weighted by atomic mass is 79.9. The van der Waals surface area contributed by atoms with Gasteiger partial charge in [-0.1, -0.05) is 28.1 Å². The number of benzene rings is 1. The minimum atomic E-state index is 0. The minimum Gasteiger partial charge on any atom is -1.00 e. The van der Waals surface area contributed by atoms with Crippen molar-refractivity contribution in [1.29, 1.82) is 0 Å². The second kappa shape index (κ2) is 5.32. The second-order valence-electron chi connectivity index (χ2n) is 3.31. The summed E-state index contributed by atoms with van der Waals surface area (Å²) in [5.74, 6) is 0.318. The zero-order valence-electron chi connectivity index (χ0n) is 8.60. The van der Waals surface area contributed by atoms with E-state index in [1.54, 1.807) is 10.9 Å². The number of hydrogen-bond donors (Lipinski definition) is 1. The Kier molecular flexibility index (Phi) is 4.32. The SMILES string of the molecule is CC(c1ccc(Br)cc1)[n+]1cc(N)on1.[Cl-]. The maximum Gasteiger partial charge on any atom is 0.293 e. The van der Waals surface area contributed by atoms with E-state index in [0.29, 0.717) is 5.88 Å². The Labute approximate surface area is 108 Å². The van der Waals surface area contributed by atoms with Gasteiger partial charge < -0.3 is 18.1 Å². The summed E-state index contributed by atoms with van der Waals surface area (Å²) in [6.07, 6.45) is 1.67. The van der Waals surface area contributed by atoms with Gasteiger partial charge in [-0.05, 0) is 16.8 Å². The van der Waals surface area contributed by atoms with Gasteiger partial charge in [0.15, 0.2) is 0 Å². The van der Waals surface area contributed by atoms with Crippen LogP contribution >= 0.6 is 15.9 Å². The molecule has 2 rings (SSSR count). The molecule has 4 nitrogen and oxygen atoms in total. The van der Waals surface area contributed by atoms with Gasteiger partial charge in [0.2, 0.25) is 11.3 Å². The van der Waals surface area contributed by atoms with Crippen molar-refractivity contribution in [2.45, 2.75) is 13.0 Å². The van der Waals surface area contributed by atoms with E-state index < -0.39 is 0 Å². The molecule has 0 spiro atoms. The van der Waals surface area contributed by atoms with Crippen molar-refractivity contribution in [3.05, 3.63) is 40.5 Å². The van der Waals surface area contributed by atoms with E-state index in [9.17, 15) is 0 Å². The molecule has 1 unspecified atom stereocenters. The molecule has 86 valence electrons. The average Bonchev–Trinajstić information content (AvgIpc) is 2.65. The molecule has 1 heterocycles. The van der Waals surface area contributed by atoms with Crippen molar-refractivity contribution in [3.8, 4) is 0 Å². The molecular formula is C10H11BrClN3O. The van der Waals surface area contributed by atoms with E-state index in [4.69, 9.17) is 10.3 Å². The lowest BCUT2D eigenvalue weighted by molar-refractivity contribution is -0.774. The van der Waals surface area contributed by atoms with Crippen LogP contribution in [0.2, 0.25) is 0 Å². The van der Waals surface area contributed by atoms with Crippen molar-refractivity contribution in [2.75, 3.05) is 5.73 Å². The Balaban J connectivity index is 0.00000128. The largest absolute Gasteiger partial charge is 1.00 e. The van der Waals surface area contributed by atoms with Gasteiger partial charge >= 0.3 is 0 Å². The Bertz CT molecular complexity index is 457. The summed E-state index contributed by atoms with van der Waals surface area (Å²) in [5.41, 5.74) is 6.61. The van der Waals surface area contributed by atoms with Crippen LogP contribution in [0.3, 0.4) is 0 Å². The number of hydrogen-bond acceptors (Lipinski definition) is 3. The summed E-state index contributed by atoms with van der Waals surface area (Å²) in [6.45, 7) is 2.03. The van der Waals surface area contributed by atoms with E-state index in [0.717, 1.165) is 10.0 Å². The van der Waals surface area contributed by atoms with Gasteiger partial charge in [-0.25, -0.2) is 0 Å². The number of nitrogens with zero attached hydrogens (tertiary/aromatic N) is 2. The molecule has 1 aromatic heterocycles. The third kappa shape index (κ3) is 2.74. The number of anilines is 1. The van der Waals surface area contributed by atoms with Crippen LogP contribution in [-0.4, -0.2) is 5.27 Å². The quantitative estimate of drug-likeness (QED) is 0.718. The molecule has 0 saturated heterocycles. The average molecular weight is 305 g/mol. The molecule has 2 N–H and O–H groups in total. The lowest BCUT2D eigenvalue weighted by atomic mass is 10.1. The highest BCUT2D eigenvalue weighted by Gasteiger charge is 2.19. The molecule has 0 radical (unpaired) electrons. The fourth-order valence-corrected chi connectivity index (χ4v) is 1.61. The molecule has 1 aromatic carbocycles. The maximum atomic E-state index is 5.46. The molecule has 16 heavy (non-hydrogen) atoms. The number of halogens is 2. The normalized spacial score (nSPS) is 11.9. The van der Waals surface area contributed by atoms with Crippen molar-refractivity contribution in [2.24, 2.45) is 0 Å². The van der Waals surface area contributed by atoms with Crippen molar-refractivity contribution < 1.29 is 21.6 Å². The Hall–Kier alpha value is -1.07. The third-order valence-corrected chi connectivity index (χ3v) is 2.78. The summed E-state index contributed by atoms with van der Waals surface area (Å²) in [7, 11) is 0. The minimum absolute atomic E-state index is 0. The van der Waals surface area contributed by atoms with Crippen molar-refractivity contribution >= 4 is 21.8 Å². The van der Waals surface area contributed by atoms with E-state index in [2.05, 4.69) is 21.2 Å². The van der Waals surface area contributed by atoms with E-state index >= 15 is 0 Å². The Morgan fingerprint density at radius 3 is 2.50 bits per heavy atom. The molecule has 0 fully saturated rings. The summed E-state index contributed by atoms with van der Waals surface area (Å²) in [6, 6.07) is 8.17. The van der Waals surface area contributed by atoms with Crippen LogP contribution in [0.25, 0.3) is 0 Å². The fourth-order valence-electron chi connectivity index (χ4n) is 1.35.